The molecule has 5 heteroatoms. The van der Waals surface area contributed by atoms with Crippen molar-refractivity contribution in [1.29, 1.82) is 0 Å². The molecular formula is C7H15N3O2. The first-order valence-corrected chi connectivity index (χ1v) is 3.75. The summed E-state index contributed by atoms with van der Waals surface area (Å²) in [5.41, 5.74) is 0. The zero-order valence-electron chi connectivity index (χ0n) is 7.84. The molecule has 4 amide bonds. The van der Waals surface area contributed by atoms with E-state index in [1.165, 1.54) is 14.1 Å². The Labute approximate surface area is 72.1 Å². The van der Waals surface area contributed by atoms with E-state index in [1.54, 1.807) is 0 Å². The van der Waals surface area contributed by atoms with E-state index in [0.29, 0.717) is 0 Å². The van der Waals surface area contributed by atoms with Crippen LogP contribution >= 0.6 is 0 Å². The van der Waals surface area contributed by atoms with Crippen molar-refractivity contribution in [3.8, 4) is 0 Å². The maximum atomic E-state index is 11.1. The largest absolute Gasteiger partial charge is 0.341 e. The number of hydrogen-bond donors (Lipinski definition) is 2. The molecule has 0 rings (SSSR count). The lowest BCUT2D eigenvalue weighted by Gasteiger charge is -2.17. The van der Waals surface area contributed by atoms with Crippen molar-refractivity contribution in [1.82, 2.24) is 15.5 Å². The minimum Gasteiger partial charge on any atom is -0.341 e. The maximum Gasteiger partial charge on any atom is 0.325 e. The van der Waals surface area contributed by atoms with E-state index in [1.807, 2.05) is 13.8 Å². The van der Waals surface area contributed by atoms with Gasteiger partial charge >= 0.3 is 12.1 Å². The van der Waals surface area contributed by atoms with Gasteiger partial charge in [0.1, 0.15) is 0 Å². The SMILES string of the molecule is CNC(=O)N(C)C(=O)NC(C)C. The highest BCUT2D eigenvalue weighted by Crippen LogP contribution is 1.87. The lowest BCUT2D eigenvalue weighted by molar-refractivity contribution is 0.194. The van der Waals surface area contributed by atoms with Crippen molar-refractivity contribution in [3.63, 3.8) is 0 Å². The van der Waals surface area contributed by atoms with Crippen LogP contribution < -0.4 is 10.6 Å². The van der Waals surface area contributed by atoms with Gasteiger partial charge in [-0.2, -0.15) is 0 Å². The summed E-state index contributed by atoms with van der Waals surface area (Å²) in [6, 6.07) is -0.790. The number of amides is 4. The van der Waals surface area contributed by atoms with Crippen molar-refractivity contribution in [2.75, 3.05) is 14.1 Å². The number of nitrogens with zero attached hydrogens (tertiary/aromatic N) is 1. The van der Waals surface area contributed by atoms with Gasteiger partial charge in [-0.15, -0.1) is 0 Å². The number of carbonyl (C=O) groups excluding carboxylic acids is 2. The molecule has 0 atom stereocenters. The molecule has 0 aromatic heterocycles. The third kappa shape index (κ3) is 3.23. The molecule has 0 unspecified atom stereocenters. The van der Waals surface area contributed by atoms with Crippen LogP contribution in [0.25, 0.3) is 0 Å². The molecule has 0 saturated heterocycles. The molecule has 70 valence electrons. The molecule has 2 N–H and O–H groups in total. The molecule has 0 aliphatic carbocycles. The second-order valence-corrected chi connectivity index (χ2v) is 2.72. The molecule has 0 heterocycles. The molecule has 0 aliphatic heterocycles. The minimum absolute atomic E-state index is 0.0320. The number of imide groups is 1. The Morgan fingerprint density at radius 1 is 1.25 bits per heavy atom. The molecule has 0 bridgehead atoms. The highest BCUT2D eigenvalue weighted by atomic mass is 16.2. The zero-order chi connectivity index (χ0) is 9.72. The van der Waals surface area contributed by atoms with Crippen LogP contribution in [0, 0.1) is 0 Å². The first-order valence-electron chi connectivity index (χ1n) is 3.75. The molecule has 0 aromatic carbocycles. The molecule has 12 heavy (non-hydrogen) atoms. The Balaban J connectivity index is 4.01. The number of urea groups is 2. The van der Waals surface area contributed by atoms with Crippen LogP contribution in [0.4, 0.5) is 9.59 Å². The van der Waals surface area contributed by atoms with Gasteiger partial charge in [-0.25, -0.2) is 14.5 Å². The van der Waals surface area contributed by atoms with Crippen LogP contribution in [-0.2, 0) is 0 Å². The lowest BCUT2D eigenvalue weighted by Crippen LogP contribution is -2.46. The highest BCUT2D eigenvalue weighted by Gasteiger charge is 2.14. The molecule has 0 aromatic rings. The first kappa shape index (κ1) is 10.7. The van der Waals surface area contributed by atoms with Crippen molar-refractivity contribution in [2.45, 2.75) is 19.9 Å². The normalized spacial score (nSPS) is 9.42. The first-order chi connectivity index (χ1) is 5.49. The number of hydrogen-bond acceptors (Lipinski definition) is 2. The smallest absolute Gasteiger partial charge is 0.325 e. The standard InChI is InChI=1S/C7H15N3O2/c1-5(2)9-7(12)10(4)6(11)8-3/h5H,1-4H3,(H,8,11)(H,9,12). The van der Waals surface area contributed by atoms with E-state index in [0.717, 1.165) is 4.90 Å². The van der Waals surface area contributed by atoms with Gasteiger partial charge in [0.05, 0.1) is 0 Å². The fourth-order valence-electron chi connectivity index (χ4n) is 0.604. The monoisotopic (exact) mass is 173 g/mol. The van der Waals surface area contributed by atoms with Gasteiger partial charge < -0.3 is 10.6 Å². The van der Waals surface area contributed by atoms with Gasteiger partial charge in [-0.3, -0.25) is 0 Å². The van der Waals surface area contributed by atoms with Gasteiger partial charge in [0, 0.05) is 20.1 Å². The van der Waals surface area contributed by atoms with E-state index in [2.05, 4.69) is 10.6 Å². The van der Waals surface area contributed by atoms with Gasteiger partial charge in [0.2, 0.25) is 0 Å². The molecule has 5 nitrogen and oxygen atoms in total. The summed E-state index contributed by atoms with van der Waals surface area (Å²) in [6.07, 6.45) is 0. The topological polar surface area (TPSA) is 61.4 Å². The Morgan fingerprint density at radius 2 is 1.75 bits per heavy atom. The van der Waals surface area contributed by atoms with E-state index in [-0.39, 0.29) is 6.04 Å². The van der Waals surface area contributed by atoms with Gasteiger partial charge in [-0.05, 0) is 13.8 Å². The molecule has 0 radical (unpaired) electrons. The molecule has 0 fully saturated rings. The van der Waals surface area contributed by atoms with Crippen molar-refractivity contribution >= 4 is 12.1 Å². The third-order valence-electron chi connectivity index (χ3n) is 1.24. The Bertz CT molecular complexity index is 179. The summed E-state index contributed by atoms with van der Waals surface area (Å²) >= 11 is 0. The van der Waals surface area contributed by atoms with Gasteiger partial charge in [-0.1, -0.05) is 0 Å². The summed E-state index contributed by atoms with van der Waals surface area (Å²) in [5, 5.41) is 4.93. The predicted octanol–water partition coefficient (Wildman–Crippen LogP) is 0.376. The fourth-order valence-corrected chi connectivity index (χ4v) is 0.604. The van der Waals surface area contributed by atoms with Crippen molar-refractivity contribution in [3.05, 3.63) is 0 Å². The number of nitrogens with one attached hydrogen (secondary N) is 2. The van der Waals surface area contributed by atoms with Crippen LogP contribution in [0.2, 0.25) is 0 Å². The van der Waals surface area contributed by atoms with Crippen LogP contribution in [0.3, 0.4) is 0 Å². The Kier molecular flexibility index (Phi) is 4.10. The van der Waals surface area contributed by atoms with E-state index < -0.39 is 12.1 Å². The molecule has 0 aliphatic rings. The van der Waals surface area contributed by atoms with Crippen molar-refractivity contribution in [2.24, 2.45) is 0 Å². The summed E-state index contributed by atoms with van der Waals surface area (Å²) in [6.45, 7) is 3.66. The lowest BCUT2D eigenvalue weighted by atomic mass is 10.4. The average Bonchev–Trinajstić information content (AvgIpc) is 2.00. The second kappa shape index (κ2) is 4.58. The van der Waals surface area contributed by atoms with E-state index in [4.69, 9.17) is 0 Å². The molecule has 0 saturated carbocycles. The van der Waals surface area contributed by atoms with Crippen LogP contribution in [0.15, 0.2) is 0 Å². The van der Waals surface area contributed by atoms with Crippen LogP contribution in [0.1, 0.15) is 13.8 Å². The zero-order valence-corrected chi connectivity index (χ0v) is 7.84. The Hall–Kier alpha value is -1.26. The van der Waals surface area contributed by atoms with Gasteiger partial charge in [0.15, 0.2) is 0 Å². The quantitative estimate of drug-likeness (QED) is 0.602. The highest BCUT2D eigenvalue weighted by molar-refractivity contribution is 5.93. The van der Waals surface area contributed by atoms with Crippen molar-refractivity contribution < 1.29 is 9.59 Å². The fraction of sp³-hybridized carbons (Fsp3) is 0.714. The summed E-state index contributed by atoms with van der Waals surface area (Å²) in [7, 11) is 2.89. The van der Waals surface area contributed by atoms with Crippen LogP contribution in [0.5, 0.6) is 0 Å². The maximum absolute atomic E-state index is 11.1. The summed E-state index contributed by atoms with van der Waals surface area (Å²) < 4.78 is 0. The number of carbonyl (C=O) groups is 2. The van der Waals surface area contributed by atoms with E-state index in [9.17, 15) is 9.59 Å². The molecule has 0 spiro atoms. The predicted molar refractivity (Wildman–Crippen MR) is 45.9 cm³/mol. The van der Waals surface area contributed by atoms with Crippen LogP contribution in [-0.4, -0.2) is 37.1 Å². The second-order valence-electron chi connectivity index (χ2n) is 2.72. The average molecular weight is 173 g/mol. The molecular weight excluding hydrogens is 158 g/mol. The number of rotatable bonds is 1. The Morgan fingerprint density at radius 3 is 2.08 bits per heavy atom. The summed E-state index contributed by atoms with van der Waals surface area (Å²) in [5.74, 6) is 0. The minimum atomic E-state index is -0.423. The third-order valence-corrected chi connectivity index (χ3v) is 1.24. The summed E-state index contributed by atoms with van der Waals surface area (Å²) in [4.78, 5) is 23.0. The van der Waals surface area contributed by atoms with E-state index >= 15 is 0 Å². The van der Waals surface area contributed by atoms with Gasteiger partial charge in [0.25, 0.3) is 0 Å².